The van der Waals surface area contributed by atoms with Crippen molar-refractivity contribution in [1.82, 2.24) is 19.8 Å². The highest BCUT2D eigenvalue weighted by atomic mass is 35.5. The van der Waals surface area contributed by atoms with Gasteiger partial charge < -0.3 is 10.2 Å². The number of nitrogens with one attached hydrogen (secondary N) is 1. The molecule has 0 saturated heterocycles. The highest BCUT2D eigenvalue weighted by molar-refractivity contribution is 6.31. The van der Waals surface area contributed by atoms with Crippen LogP contribution in [0.1, 0.15) is 57.5 Å². The highest BCUT2D eigenvalue weighted by Crippen LogP contribution is 2.25. The van der Waals surface area contributed by atoms with Crippen LogP contribution < -0.4 is 10.9 Å². The van der Waals surface area contributed by atoms with Crippen LogP contribution in [0.2, 0.25) is 5.02 Å². The molecule has 32 heavy (non-hydrogen) atoms. The number of hydrogen-bond donors (Lipinski definition) is 1. The summed E-state index contributed by atoms with van der Waals surface area (Å²) in [5, 5.41) is 4.10. The Labute approximate surface area is 194 Å². The molecule has 0 saturated carbocycles. The van der Waals surface area contributed by atoms with E-state index in [0.717, 1.165) is 18.4 Å². The van der Waals surface area contributed by atoms with Gasteiger partial charge >= 0.3 is 6.03 Å². The average Bonchev–Trinajstić information content (AvgIpc) is 2.80. The predicted octanol–water partition coefficient (Wildman–Crippen LogP) is 5.53. The Morgan fingerprint density at radius 2 is 1.91 bits per heavy atom. The lowest BCUT2D eigenvalue weighted by Gasteiger charge is -2.32. The third kappa shape index (κ3) is 5.30. The molecular weight excluding hydrogens is 424 g/mol. The Morgan fingerprint density at radius 1 is 1.16 bits per heavy atom. The molecule has 1 unspecified atom stereocenters. The third-order valence-electron chi connectivity index (χ3n) is 5.62. The topological polar surface area (TPSA) is 67.2 Å². The molecule has 170 valence electrons. The van der Waals surface area contributed by atoms with E-state index in [1.54, 1.807) is 22.8 Å². The van der Waals surface area contributed by atoms with Crippen molar-refractivity contribution in [3.8, 4) is 0 Å². The van der Waals surface area contributed by atoms with Gasteiger partial charge in [-0.25, -0.2) is 9.78 Å². The second-order valence-electron chi connectivity index (χ2n) is 7.80. The minimum absolute atomic E-state index is 0.109. The SMILES string of the molecule is CCCCN(C(=O)NCc1ccccc1)C(CC)c1nc2cc(Cl)ccc2c(=O)n1CC. The zero-order chi connectivity index (χ0) is 23.1. The molecule has 0 fully saturated rings. The molecule has 2 amide bonds. The van der Waals surface area contributed by atoms with Crippen molar-refractivity contribution in [3.05, 3.63) is 75.3 Å². The highest BCUT2D eigenvalue weighted by Gasteiger charge is 2.28. The summed E-state index contributed by atoms with van der Waals surface area (Å²) in [5.74, 6) is 0.598. The monoisotopic (exact) mass is 454 g/mol. The number of carbonyl (C=O) groups excluding carboxylic acids is 1. The first-order valence-electron chi connectivity index (χ1n) is 11.3. The van der Waals surface area contributed by atoms with E-state index >= 15 is 0 Å². The van der Waals surface area contributed by atoms with Crippen molar-refractivity contribution in [2.45, 2.75) is 59.2 Å². The number of benzene rings is 2. The fourth-order valence-electron chi connectivity index (χ4n) is 3.92. The first kappa shape index (κ1) is 23.8. The summed E-state index contributed by atoms with van der Waals surface area (Å²) in [7, 11) is 0. The minimum atomic E-state index is -0.326. The zero-order valence-electron chi connectivity index (χ0n) is 19.0. The molecule has 6 nitrogen and oxygen atoms in total. The van der Waals surface area contributed by atoms with Crippen LogP contribution in [0.4, 0.5) is 4.79 Å². The van der Waals surface area contributed by atoms with Crippen LogP contribution in [0.5, 0.6) is 0 Å². The Kier molecular flexibility index (Phi) is 8.28. The molecule has 1 N–H and O–H groups in total. The first-order chi connectivity index (χ1) is 15.5. The van der Waals surface area contributed by atoms with Crippen LogP contribution in [-0.4, -0.2) is 27.0 Å². The van der Waals surface area contributed by atoms with Gasteiger partial charge in [0.2, 0.25) is 0 Å². The van der Waals surface area contributed by atoms with Gasteiger partial charge in [0.05, 0.1) is 16.9 Å². The number of unbranched alkanes of at least 4 members (excludes halogenated alkanes) is 1. The van der Waals surface area contributed by atoms with Gasteiger partial charge in [-0.2, -0.15) is 0 Å². The van der Waals surface area contributed by atoms with Crippen LogP contribution in [0, 0.1) is 0 Å². The van der Waals surface area contributed by atoms with Gasteiger partial charge in [0, 0.05) is 24.7 Å². The lowest BCUT2D eigenvalue weighted by molar-refractivity contribution is 0.165. The molecule has 7 heteroatoms. The predicted molar refractivity (Wildman–Crippen MR) is 130 cm³/mol. The number of aromatic nitrogens is 2. The molecule has 0 bridgehead atoms. The number of halogens is 1. The van der Waals surface area contributed by atoms with Crippen LogP contribution >= 0.6 is 11.6 Å². The number of amides is 2. The second-order valence-corrected chi connectivity index (χ2v) is 8.23. The molecule has 2 aromatic carbocycles. The molecule has 0 spiro atoms. The number of rotatable bonds is 9. The van der Waals surface area contributed by atoms with Crippen LogP contribution in [0.3, 0.4) is 0 Å². The van der Waals surface area contributed by atoms with E-state index < -0.39 is 0 Å². The van der Waals surface area contributed by atoms with Gasteiger partial charge in [-0.3, -0.25) is 9.36 Å². The Morgan fingerprint density at radius 3 is 2.56 bits per heavy atom. The van der Waals surface area contributed by atoms with Crippen molar-refractivity contribution in [3.63, 3.8) is 0 Å². The van der Waals surface area contributed by atoms with Gasteiger partial charge in [-0.05, 0) is 43.5 Å². The molecule has 0 radical (unpaired) electrons. The van der Waals surface area contributed by atoms with E-state index in [9.17, 15) is 9.59 Å². The first-order valence-corrected chi connectivity index (χ1v) is 11.7. The standard InChI is InChI=1S/C25H31ClN4O2/c1-4-7-15-30(25(32)27-17-18-11-9-8-10-12-18)22(5-2)23-28-21-16-19(26)13-14-20(21)24(31)29(23)6-3/h8-14,16,22H,4-7,15,17H2,1-3H3,(H,27,32). The van der Waals surface area contributed by atoms with E-state index in [1.165, 1.54) is 0 Å². The third-order valence-corrected chi connectivity index (χ3v) is 5.86. The number of hydrogen-bond acceptors (Lipinski definition) is 3. The second kappa shape index (κ2) is 11.1. The van der Waals surface area contributed by atoms with Crippen molar-refractivity contribution >= 4 is 28.5 Å². The summed E-state index contributed by atoms with van der Waals surface area (Å²) in [5.41, 5.74) is 1.48. The van der Waals surface area contributed by atoms with E-state index in [4.69, 9.17) is 16.6 Å². The summed E-state index contributed by atoms with van der Waals surface area (Å²) in [4.78, 5) is 33.1. The number of carbonyl (C=O) groups is 1. The molecule has 3 rings (SSSR count). The van der Waals surface area contributed by atoms with Gasteiger partial charge in [-0.15, -0.1) is 0 Å². The van der Waals surface area contributed by atoms with Crippen molar-refractivity contribution in [1.29, 1.82) is 0 Å². The van der Waals surface area contributed by atoms with Gasteiger partial charge in [0.1, 0.15) is 5.82 Å². The van der Waals surface area contributed by atoms with Crippen molar-refractivity contribution in [2.24, 2.45) is 0 Å². The summed E-state index contributed by atoms with van der Waals surface area (Å²) in [6.45, 7) is 7.54. The van der Waals surface area contributed by atoms with E-state index in [0.29, 0.717) is 47.8 Å². The Hall–Kier alpha value is -2.86. The fraction of sp³-hybridized carbons (Fsp3) is 0.400. The van der Waals surface area contributed by atoms with Gasteiger partial charge in [0.25, 0.3) is 5.56 Å². The maximum atomic E-state index is 13.3. The van der Waals surface area contributed by atoms with Gasteiger partial charge in [-0.1, -0.05) is 62.2 Å². The maximum absolute atomic E-state index is 13.3. The Balaban J connectivity index is 2.00. The minimum Gasteiger partial charge on any atom is -0.334 e. The molecular formula is C25H31ClN4O2. The maximum Gasteiger partial charge on any atom is 0.318 e. The molecule has 0 aliphatic rings. The van der Waals surface area contributed by atoms with Crippen LogP contribution in [0.15, 0.2) is 53.3 Å². The molecule has 1 heterocycles. The van der Waals surface area contributed by atoms with E-state index in [2.05, 4.69) is 12.2 Å². The average molecular weight is 455 g/mol. The number of fused-ring (bicyclic) bond motifs is 1. The summed E-state index contributed by atoms with van der Waals surface area (Å²) in [6, 6.07) is 14.5. The summed E-state index contributed by atoms with van der Waals surface area (Å²) < 4.78 is 1.67. The lowest BCUT2D eigenvalue weighted by Crippen LogP contribution is -2.44. The van der Waals surface area contributed by atoms with E-state index in [1.807, 2.05) is 49.1 Å². The van der Waals surface area contributed by atoms with Crippen LogP contribution in [-0.2, 0) is 13.1 Å². The fourth-order valence-corrected chi connectivity index (χ4v) is 4.08. The zero-order valence-corrected chi connectivity index (χ0v) is 19.7. The quantitative estimate of drug-likeness (QED) is 0.462. The number of nitrogens with zero attached hydrogens (tertiary/aromatic N) is 3. The largest absolute Gasteiger partial charge is 0.334 e. The van der Waals surface area contributed by atoms with Crippen LogP contribution in [0.25, 0.3) is 10.9 Å². The van der Waals surface area contributed by atoms with Gasteiger partial charge in [0.15, 0.2) is 0 Å². The van der Waals surface area contributed by atoms with Crippen molar-refractivity contribution < 1.29 is 4.79 Å². The van der Waals surface area contributed by atoms with E-state index in [-0.39, 0.29) is 17.6 Å². The van der Waals surface area contributed by atoms with Crippen molar-refractivity contribution in [2.75, 3.05) is 6.54 Å². The summed E-state index contributed by atoms with van der Waals surface area (Å²) in [6.07, 6.45) is 2.46. The molecule has 0 aliphatic heterocycles. The molecule has 0 aliphatic carbocycles. The smallest absolute Gasteiger partial charge is 0.318 e. The number of urea groups is 1. The summed E-state index contributed by atoms with van der Waals surface area (Å²) >= 11 is 6.17. The molecule has 1 atom stereocenters. The molecule has 1 aromatic heterocycles. The Bertz CT molecular complexity index is 1110. The normalized spacial score (nSPS) is 12.0. The lowest BCUT2D eigenvalue weighted by atomic mass is 10.1. The molecule has 3 aromatic rings.